The van der Waals surface area contributed by atoms with Gasteiger partial charge in [0.25, 0.3) is 0 Å². The molecule has 1 saturated heterocycles. The summed E-state index contributed by atoms with van der Waals surface area (Å²) < 4.78 is 40.1. The summed E-state index contributed by atoms with van der Waals surface area (Å²) >= 11 is 0. The van der Waals surface area contributed by atoms with Gasteiger partial charge in [-0.15, -0.1) is 0 Å². The lowest BCUT2D eigenvalue weighted by Gasteiger charge is -2.38. The zero-order valence-corrected chi connectivity index (χ0v) is 27.0. The van der Waals surface area contributed by atoms with Crippen molar-refractivity contribution in [3.05, 3.63) is 133 Å². The van der Waals surface area contributed by atoms with Gasteiger partial charge in [-0.05, 0) is 83.7 Å². The van der Waals surface area contributed by atoms with Gasteiger partial charge in [0, 0.05) is 48.5 Å². The van der Waals surface area contributed by atoms with Crippen LogP contribution in [0.3, 0.4) is 0 Å². The normalized spacial score (nSPS) is 16.6. The van der Waals surface area contributed by atoms with E-state index < -0.39 is 18.1 Å². The Balaban J connectivity index is 1.09. The fraction of sp³-hybridized carbons (Fsp3) is 0.325. The zero-order chi connectivity index (χ0) is 33.0. The van der Waals surface area contributed by atoms with Crippen molar-refractivity contribution in [3.63, 3.8) is 0 Å². The molecule has 1 aliphatic carbocycles. The second-order valence-electron chi connectivity index (χ2n) is 13.1. The molecule has 2 N–H and O–H groups in total. The van der Waals surface area contributed by atoms with Crippen LogP contribution in [0.2, 0.25) is 0 Å². The fourth-order valence-electron chi connectivity index (χ4n) is 7.53. The standard InChI is InChI=1S/C40H43F3N4/c1-28(26-39(30(3)45-27-40(41,42)43)37-14-8-6-12-35(37)36-13-7-9-15-38(36)39)18-23-47-24-19-32(20-25-47)46-29(2)33-10-4-5-11-34(33)31-16-21-44-22-17-31/h4-17,21-22,28,32,45-46H,2-3,18-20,23-27H2,1H3/t28-/m0/s1. The van der Waals surface area contributed by atoms with E-state index in [-0.39, 0.29) is 5.92 Å². The number of likely N-dealkylation sites (tertiary alicyclic amines) is 1. The van der Waals surface area contributed by atoms with E-state index >= 15 is 0 Å². The van der Waals surface area contributed by atoms with E-state index in [1.54, 1.807) is 0 Å². The van der Waals surface area contributed by atoms with Crippen LogP contribution in [-0.4, -0.2) is 48.3 Å². The summed E-state index contributed by atoms with van der Waals surface area (Å²) in [5, 5.41) is 6.40. The summed E-state index contributed by atoms with van der Waals surface area (Å²) in [5.41, 5.74) is 8.19. The van der Waals surface area contributed by atoms with E-state index in [0.717, 1.165) is 83.5 Å². The first-order valence-electron chi connectivity index (χ1n) is 16.5. The molecule has 2 aliphatic rings. The molecule has 3 aromatic carbocycles. The SMILES string of the molecule is C=C(NC1CCN(CC[C@H](C)CC2(C(=C)NCC(F)(F)F)c3ccccc3-c3ccccc32)CC1)c1ccccc1-c1ccncc1. The Morgan fingerprint density at radius 2 is 1.45 bits per heavy atom. The highest BCUT2D eigenvalue weighted by Crippen LogP contribution is 2.55. The van der Waals surface area contributed by atoms with Crippen LogP contribution >= 0.6 is 0 Å². The number of allylic oxidation sites excluding steroid dienone is 1. The number of alkyl halides is 3. The molecule has 1 atom stereocenters. The summed E-state index contributed by atoms with van der Waals surface area (Å²) in [5.74, 6) is 0.249. The van der Waals surface area contributed by atoms with E-state index in [2.05, 4.69) is 77.0 Å². The molecule has 6 rings (SSSR count). The van der Waals surface area contributed by atoms with Gasteiger partial charge in [0.15, 0.2) is 0 Å². The van der Waals surface area contributed by atoms with Crippen molar-refractivity contribution in [2.45, 2.75) is 50.2 Å². The Morgan fingerprint density at radius 1 is 0.872 bits per heavy atom. The van der Waals surface area contributed by atoms with E-state index in [4.69, 9.17) is 0 Å². The molecule has 4 nitrogen and oxygen atoms in total. The Bertz CT molecular complexity index is 1660. The quantitative estimate of drug-likeness (QED) is 0.163. The molecule has 1 aliphatic heterocycles. The third-order valence-electron chi connectivity index (χ3n) is 9.88. The molecular formula is C40H43F3N4. The highest BCUT2D eigenvalue weighted by atomic mass is 19.4. The first kappa shape index (κ1) is 32.6. The number of benzene rings is 3. The summed E-state index contributed by atoms with van der Waals surface area (Å²) in [6.07, 6.45) is 2.96. The largest absolute Gasteiger partial charge is 0.405 e. The molecule has 1 aromatic heterocycles. The van der Waals surface area contributed by atoms with E-state index in [1.807, 2.05) is 60.9 Å². The molecule has 0 unspecified atom stereocenters. The van der Waals surface area contributed by atoms with Gasteiger partial charge in [0.05, 0.1) is 5.41 Å². The highest BCUT2D eigenvalue weighted by molar-refractivity contribution is 5.83. The first-order chi connectivity index (χ1) is 22.7. The molecule has 4 aromatic rings. The van der Waals surface area contributed by atoms with Gasteiger partial charge in [-0.1, -0.05) is 92.9 Å². The van der Waals surface area contributed by atoms with Crippen molar-refractivity contribution in [2.24, 2.45) is 5.92 Å². The van der Waals surface area contributed by atoms with Gasteiger partial charge < -0.3 is 15.5 Å². The third kappa shape index (κ3) is 7.01. The Kier molecular flexibility index (Phi) is 9.55. The minimum Gasteiger partial charge on any atom is -0.382 e. The highest BCUT2D eigenvalue weighted by Gasteiger charge is 2.46. The van der Waals surface area contributed by atoms with Crippen molar-refractivity contribution < 1.29 is 13.2 Å². The molecule has 7 heteroatoms. The molecule has 0 amide bonds. The molecular weight excluding hydrogens is 593 g/mol. The number of aromatic nitrogens is 1. The maximum atomic E-state index is 13.4. The number of rotatable bonds is 12. The van der Waals surface area contributed by atoms with Gasteiger partial charge in [0.1, 0.15) is 6.54 Å². The van der Waals surface area contributed by atoms with Crippen LogP contribution in [0.5, 0.6) is 0 Å². The number of piperidine rings is 1. The first-order valence-corrected chi connectivity index (χ1v) is 16.5. The molecule has 2 heterocycles. The van der Waals surface area contributed by atoms with Crippen LogP contribution in [-0.2, 0) is 5.41 Å². The van der Waals surface area contributed by atoms with Gasteiger partial charge in [-0.25, -0.2) is 0 Å². The Hall–Kier alpha value is -4.36. The van der Waals surface area contributed by atoms with E-state index in [1.165, 1.54) is 0 Å². The van der Waals surface area contributed by atoms with Crippen molar-refractivity contribution in [3.8, 4) is 22.3 Å². The average Bonchev–Trinajstić information content (AvgIpc) is 3.37. The lowest BCUT2D eigenvalue weighted by Crippen LogP contribution is -2.43. The Morgan fingerprint density at radius 3 is 2.06 bits per heavy atom. The maximum Gasteiger partial charge on any atom is 0.405 e. The second-order valence-corrected chi connectivity index (χ2v) is 13.1. The third-order valence-corrected chi connectivity index (χ3v) is 9.88. The molecule has 0 radical (unpaired) electrons. The smallest absolute Gasteiger partial charge is 0.382 e. The van der Waals surface area contributed by atoms with Crippen LogP contribution in [0.1, 0.15) is 49.3 Å². The van der Waals surface area contributed by atoms with Crippen molar-refractivity contribution in [1.82, 2.24) is 20.5 Å². The van der Waals surface area contributed by atoms with Crippen LogP contribution in [0.25, 0.3) is 28.0 Å². The zero-order valence-electron chi connectivity index (χ0n) is 27.0. The van der Waals surface area contributed by atoms with Crippen molar-refractivity contribution >= 4 is 5.70 Å². The number of pyridine rings is 1. The van der Waals surface area contributed by atoms with E-state index in [0.29, 0.717) is 18.2 Å². The minimum atomic E-state index is -4.33. The molecule has 0 saturated carbocycles. The van der Waals surface area contributed by atoms with Crippen molar-refractivity contribution in [1.29, 1.82) is 0 Å². The topological polar surface area (TPSA) is 40.2 Å². The molecule has 244 valence electrons. The number of nitrogens with one attached hydrogen (secondary N) is 2. The maximum absolute atomic E-state index is 13.4. The van der Waals surface area contributed by atoms with Crippen LogP contribution in [0.15, 0.2) is 116 Å². The lowest BCUT2D eigenvalue weighted by molar-refractivity contribution is -0.123. The summed E-state index contributed by atoms with van der Waals surface area (Å²) in [7, 11) is 0. The summed E-state index contributed by atoms with van der Waals surface area (Å²) in [6, 6.07) is 28.9. The van der Waals surface area contributed by atoms with E-state index in [9.17, 15) is 13.2 Å². The van der Waals surface area contributed by atoms with Crippen LogP contribution in [0.4, 0.5) is 13.2 Å². The predicted octanol–water partition coefficient (Wildman–Crippen LogP) is 8.82. The monoisotopic (exact) mass is 636 g/mol. The van der Waals surface area contributed by atoms with Crippen molar-refractivity contribution in [2.75, 3.05) is 26.2 Å². The average molecular weight is 637 g/mol. The molecule has 0 spiro atoms. The predicted molar refractivity (Wildman–Crippen MR) is 186 cm³/mol. The number of hydrogen-bond donors (Lipinski definition) is 2. The van der Waals surface area contributed by atoms with Gasteiger partial charge in [0.2, 0.25) is 0 Å². The number of hydrogen-bond acceptors (Lipinski definition) is 4. The van der Waals surface area contributed by atoms with Crippen LogP contribution in [0, 0.1) is 5.92 Å². The summed E-state index contributed by atoms with van der Waals surface area (Å²) in [6.45, 7) is 12.7. The molecule has 1 fully saturated rings. The molecule has 47 heavy (non-hydrogen) atoms. The minimum absolute atomic E-state index is 0.249. The van der Waals surface area contributed by atoms with Gasteiger partial charge >= 0.3 is 6.18 Å². The van der Waals surface area contributed by atoms with Crippen LogP contribution < -0.4 is 10.6 Å². The Labute approximate surface area is 276 Å². The lowest BCUT2D eigenvalue weighted by atomic mass is 9.69. The van der Waals surface area contributed by atoms with Gasteiger partial charge in [-0.2, -0.15) is 13.2 Å². The number of fused-ring (bicyclic) bond motifs is 3. The van der Waals surface area contributed by atoms with Gasteiger partial charge in [-0.3, -0.25) is 4.98 Å². The summed E-state index contributed by atoms with van der Waals surface area (Å²) in [4.78, 5) is 6.67. The number of nitrogens with zero attached hydrogens (tertiary/aromatic N) is 2. The second kappa shape index (κ2) is 13.8. The molecule has 0 bridgehead atoms. The fourth-order valence-corrected chi connectivity index (χ4v) is 7.53. The number of halogens is 3.